The van der Waals surface area contributed by atoms with Gasteiger partial charge < -0.3 is 15.1 Å². The number of benzene rings is 1. The van der Waals surface area contributed by atoms with E-state index in [0.717, 1.165) is 30.9 Å². The molecule has 1 aromatic carbocycles. The van der Waals surface area contributed by atoms with Crippen molar-refractivity contribution in [2.75, 3.05) is 18.4 Å². The average molecular weight is 437 g/mol. The molecule has 2 rings (SSSR count). The molecule has 1 aromatic heterocycles. The van der Waals surface area contributed by atoms with Crippen LogP contribution in [0.15, 0.2) is 29.6 Å². The Hall–Kier alpha value is -2.12. The third-order valence-electron chi connectivity index (χ3n) is 4.31. The molecular weight excluding hydrogens is 408 g/mol. The van der Waals surface area contributed by atoms with Gasteiger partial charge in [-0.15, -0.1) is 11.3 Å². The van der Waals surface area contributed by atoms with Crippen molar-refractivity contribution in [3.63, 3.8) is 0 Å². The number of carbonyl (C=O) groups excluding carboxylic acids is 2. The van der Waals surface area contributed by atoms with Gasteiger partial charge in [0.05, 0.1) is 6.54 Å². The van der Waals surface area contributed by atoms with Crippen molar-refractivity contribution in [1.82, 2.24) is 14.8 Å². The van der Waals surface area contributed by atoms with E-state index in [1.807, 2.05) is 18.7 Å². The highest BCUT2D eigenvalue weighted by molar-refractivity contribution is 7.09. The minimum Gasteiger partial charge on any atom is -0.337 e. The van der Waals surface area contributed by atoms with Crippen LogP contribution in [0.2, 0.25) is 5.02 Å². The van der Waals surface area contributed by atoms with Crippen LogP contribution in [0.5, 0.6) is 0 Å². The first-order valence-corrected chi connectivity index (χ1v) is 11.2. The number of thiazole rings is 1. The lowest BCUT2D eigenvalue weighted by Crippen LogP contribution is -2.39. The van der Waals surface area contributed by atoms with Crippen LogP contribution in [0.4, 0.5) is 10.5 Å². The molecule has 0 radical (unpaired) electrons. The summed E-state index contributed by atoms with van der Waals surface area (Å²) in [5.74, 6) is -0.0457. The fourth-order valence-electron chi connectivity index (χ4n) is 2.89. The molecule has 8 heteroatoms. The van der Waals surface area contributed by atoms with Crippen molar-refractivity contribution in [2.45, 2.75) is 53.1 Å². The number of hydrogen-bond donors (Lipinski definition) is 1. The number of carbonyl (C=O) groups is 2. The predicted molar refractivity (Wildman–Crippen MR) is 120 cm³/mol. The van der Waals surface area contributed by atoms with Crippen molar-refractivity contribution in [1.29, 1.82) is 0 Å². The van der Waals surface area contributed by atoms with E-state index < -0.39 is 0 Å². The molecule has 0 aliphatic rings. The number of hydrogen-bond acceptors (Lipinski definition) is 4. The average Bonchev–Trinajstić information content (AvgIpc) is 3.13. The molecule has 0 aliphatic carbocycles. The number of nitrogens with one attached hydrogen (secondary N) is 1. The van der Waals surface area contributed by atoms with Crippen LogP contribution in [0, 0.1) is 0 Å². The predicted octanol–water partition coefficient (Wildman–Crippen LogP) is 5.50. The maximum Gasteiger partial charge on any atom is 0.322 e. The van der Waals surface area contributed by atoms with Gasteiger partial charge in [0.25, 0.3) is 5.91 Å². The molecule has 29 heavy (non-hydrogen) atoms. The lowest BCUT2D eigenvalue weighted by molar-refractivity contribution is 0.0750. The number of rotatable bonds is 9. The number of amides is 3. The van der Waals surface area contributed by atoms with Gasteiger partial charge in [0.2, 0.25) is 0 Å². The van der Waals surface area contributed by atoms with Crippen LogP contribution in [0.25, 0.3) is 0 Å². The molecule has 2 aromatic rings. The first-order chi connectivity index (χ1) is 13.8. The van der Waals surface area contributed by atoms with Gasteiger partial charge in [0, 0.05) is 35.2 Å². The van der Waals surface area contributed by atoms with Gasteiger partial charge in [-0.1, -0.05) is 31.5 Å². The molecule has 1 heterocycles. The minimum atomic E-state index is -0.232. The Balaban J connectivity index is 2.09. The van der Waals surface area contributed by atoms with Crippen LogP contribution < -0.4 is 5.32 Å². The van der Waals surface area contributed by atoms with Crippen molar-refractivity contribution >= 4 is 40.6 Å². The Morgan fingerprint density at radius 1 is 1.21 bits per heavy atom. The first-order valence-electron chi connectivity index (χ1n) is 9.92. The second-order valence-electron chi connectivity index (χ2n) is 7.08. The largest absolute Gasteiger partial charge is 0.337 e. The standard InChI is InChI=1S/C21H29ClN4O2S/c1-5-10-25(11-6-2)20(27)18-14-29-19(24-18)13-26(15(3)4)21(28)23-17-9-7-8-16(22)12-17/h7-9,12,14-15H,5-6,10-11,13H2,1-4H3,(H,23,28). The van der Waals surface area contributed by atoms with E-state index in [1.165, 1.54) is 11.3 Å². The topological polar surface area (TPSA) is 65.5 Å². The Kier molecular flexibility index (Phi) is 8.92. The second kappa shape index (κ2) is 11.2. The Morgan fingerprint density at radius 3 is 2.48 bits per heavy atom. The number of nitrogens with zero attached hydrogens (tertiary/aromatic N) is 3. The van der Waals surface area contributed by atoms with Gasteiger partial charge in [0.1, 0.15) is 10.7 Å². The molecule has 0 aliphatic heterocycles. The summed E-state index contributed by atoms with van der Waals surface area (Å²) in [6.45, 7) is 9.79. The molecule has 1 N–H and O–H groups in total. The molecule has 3 amide bonds. The van der Waals surface area contributed by atoms with Gasteiger partial charge in [-0.2, -0.15) is 0 Å². The first kappa shape index (κ1) is 23.2. The SMILES string of the molecule is CCCN(CCC)C(=O)c1csc(CN(C(=O)Nc2cccc(Cl)c2)C(C)C)n1. The molecule has 0 saturated carbocycles. The summed E-state index contributed by atoms with van der Waals surface area (Å²) < 4.78 is 0. The zero-order chi connectivity index (χ0) is 21.4. The van der Waals surface area contributed by atoms with Gasteiger partial charge in [-0.25, -0.2) is 9.78 Å². The second-order valence-corrected chi connectivity index (χ2v) is 8.46. The normalized spacial score (nSPS) is 10.8. The molecule has 0 bridgehead atoms. The highest BCUT2D eigenvalue weighted by Crippen LogP contribution is 2.19. The van der Waals surface area contributed by atoms with Crippen LogP contribution in [0.1, 0.15) is 56.0 Å². The van der Waals surface area contributed by atoms with Crippen molar-refractivity contribution < 1.29 is 9.59 Å². The Morgan fingerprint density at radius 2 is 1.90 bits per heavy atom. The van der Waals surface area contributed by atoms with Gasteiger partial charge >= 0.3 is 6.03 Å². The summed E-state index contributed by atoms with van der Waals surface area (Å²) in [6.07, 6.45) is 1.82. The number of urea groups is 1. The van der Waals surface area contributed by atoms with Crippen LogP contribution in [0.3, 0.4) is 0 Å². The molecule has 158 valence electrons. The smallest absolute Gasteiger partial charge is 0.322 e. The third kappa shape index (κ3) is 6.72. The van der Waals surface area contributed by atoms with E-state index >= 15 is 0 Å². The number of halogens is 1. The van der Waals surface area contributed by atoms with Crippen molar-refractivity contribution in [3.05, 3.63) is 45.4 Å². The van der Waals surface area contributed by atoms with Crippen LogP contribution in [-0.2, 0) is 6.54 Å². The summed E-state index contributed by atoms with van der Waals surface area (Å²) in [5.41, 5.74) is 1.09. The Labute approximate surface area is 181 Å². The van der Waals surface area contributed by atoms with E-state index in [1.54, 1.807) is 34.5 Å². The molecule has 0 atom stereocenters. The van der Waals surface area contributed by atoms with E-state index in [2.05, 4.69) is 24.1 Å². The van der Waals surface area contributed by atoms with Gasteiger partial charge in [0.15, 0.2) is 0 Å². The Bertz CT molecular complexity index is 819. The van der Waals surface area contributed by atoms with E-state index in [0.29, 0.717) is 22.9 Å². The summed E-state index contributed by atoms with van der Waals surface area (Å²) in [7, 11) is 0. The maximum absolute atomic E-state index is 12.8. The molecule has 0 saturated heterocycles. The zero-order valence-electron chi connectivity index (χ0n) is 17.4. The molecular formula is C21H29ClN4O2S. The molecule has 6 nitrogen and oxygen atoms in total. The molecule has 0 spiro atoms. The van der Waals surface area contributed by atoms with Crippen molar-refractivity contribution in [3.8, 4) is 0 Å². The maximum atomic E-state index is 12.8. The fraction of sp³-hybridized carbons (Fsp3) is 0.476. The lowest BCUT2D eigenvalue weighted by Gasteiger charge is -2.26. The minimum absolute atomic E-state index is 0.0334. The van der Waals surface area contributed by atoms with E-state index in [9.17, 15) is 9.59 Å². The highest BCUT2D eigenvalue weighted by Gasteiger charge is 2.22. The van der Waals surface area contributed by atoms with E-state index in [4.69, 9.17) is 11.6 Å². The number of anilines is 1. The van der Waals surface area contributed by atoms with Gasteiger partial charge in [-0.05, 0) is 44.9 Å². The third-order valence-corrected chi connectivity index (χ3v) is 5.38. The summed E-state index contributed by atoms with van der Waals surface area (Å²) in [4.78, 5) is 33.5. The molecule has 0 unspecified atom stereocenters. The zero-order valence-corrected chi connectivity index (χ0v) is 19.0. The summed E-state index contributed by atoms with van der Waals surface area (Å²) in [5, 5.41) is 5.94. The fourth-order valence-corrected chi connectivity index (χ4v) is 3.85. The monoisotopic (exact) mass is 436 g/mol. The molecule has 0 fully saturated rings. The summed E-state index contributed by atoms with van der Waals surface area (Å²) >= 11 is 7.40. The van der Waals surface area contributed by atoms with E-state index in [-0.39, 0.29) is 18.0 Å². The van der Waals surface area contributed by atoms with Gasteiger partial charge in [-0.3, -0.25) is 4.79 Å². The van der Waals surface area contributed by atoms with Crippen molar-refractivity contribution in [2.24, 2.45) is 0 Å². The summed E-state index contributed by atoms with van der Waals surface area (Å²) in [6, 6.07) is 6.77. The number of aromatic nitrogens is 1. The quantitative estimate of drug-likeness (QED) is 0.564. The highest BCUT2D eigenvalue weighted by atomic mass is 35.5. The van der Waals surface area contributed by atoms with Crippen LogP contribution in [-0.4, -0.2) is 45.9 Å². The van der Waals surface area contributed by atoms with Crippen LogP contribution >= 0.6 is 22.9 Å². The lowest BCUT2D eigenvalue weighted by atomic mass is 10.3.